The maximum atomic E-state index is 13.6. The minimum Gasteiger partial charge on any atom is -0.478 e. The minimum atomic E-state index is -4.52. The number of anilines is 2. The molecule has 2 aliphatic heterocycles. The number of carbonyl (C=O) groups is 1. The minimum absolute atomic E-state index is 0.00906. The molecule has 2 aliphatic rings. The van der Waals surface area contributed by atoms with Crippen molar-refractivity contribution in [3.63, 3.8) is 0 Å². The van der Waals surface area contributed by atoms with E-state index in [1.807, 2.05) is 49.1 Å². The largest absolute Gasteiger partial charge is 0.478 e. The molecule has 1 atom stereocenters. The summed E-state index contributed by atoms with van der Waals surface area (Å²) in [5.74, 6) is 0.507. The number of rotatable bonds is 6. The molecule has 0 bridgehead atoms. The van der Waals surface area contributed by atoms with Gasteiger partial charge in [-0.05, 0) is 74.2 Å². The molecule has 41 heavy (non-hydrogen) atoms. The van der Waals surface area contributed by atoms with Gasteiger partial charge in [-0.2, -0.15) is 18.4 Å². The van der Waals surface area contributed by atoms with Crippen LogP contribution in [0.4, 0.5) is 24.5 Å². The first kappa shape index (κ1) is 28.4. The molecular weight excluding hydrogens is 531 g/mol. The van der Waals surface area contributed by atoms with E-state index in [4.69, 9.17) is 10.5 Å². The van der Waals surface area contributed by atoms with Gasteiger partial charge in [0.2, 0.25) is 11.8 Å². The number of amides is 1. The van der Waals surface area contributed by atoms with Crippen molar-refractivity contribution < 1.29 is 22.7 Å². The Morgan fingerprint density at radius 1 is 1.15 bits per heavy atom. The summed E-state index contributed by atoms with van der Waals surface area (Å²) in [5.41, 5.74) is 8.89. The number of fused-ring (bicyclic) bond motifs is 2. The van der Waals surface area contributed by atoms with Crippen molar-refractivity contribution in [3.05, 3.63) is 71.4 Å². The van der Waals surface area contributed by atoms with E-state index in [2.05, 4.69) is 11.1 Å². The van der Waals surface area contributed by atoms with E-state index >= 15 is 0 Å². The number of ether oxygens (including phenoxy) is 1. The van der Waals surface area contributed by atoms with E-state index in [1.54, 1.807) is 11.1 Å². The maximum Gasteiger partial charge on any atom is 0.416 e. The zero-order valence-electron chi connectivity index (χ0n) is 23.0. The zero-order valence-corrected chi connectivity index (χ0v) is 23.0. The lowest BCUT2D eigenvalue weighted by atomic mass is 9.67. The number of nitrogens with zero attached hydrogens (tertiary/aromatic N) is 4. The molecule has 1 spiro atoms. The Labute approximate surface area is 237 Å². The molecule has 1 fully saturated rings. The van der Waals surface area contributed by atoms with Crippen LogP contribution in [0.3, 0.4) is 0 Å². The van der Waals surface area contributed by atoms with Crippen molar-refractivity contribution >= 4 is 17.3 Å². The van der Waals surface area contributed by atoms with Crippen LogP contribution in [0.2, 0.25) is 0 Å². The predicted molar refractivity (Wildman–Crippen MR) is 151 cm³/mol. The fraction of sp³-hybridized carbons (Fsp3) is 0.387. The van der Waals surface area contributed by atoms with Crippen LogP contribution in [0.15, 0.2) is 54.7 Å². The van der Waals surface area contributed by atoms with E-state index in [-0.39, 0.29) is 17.5 Å². The van der Waals surface area contributed by atoms with E-state index < -0.39 is 17.2 Å². The molecule has 0 aliphatic carbocycles. The smallest absolute Gasteiger partial charge is 0.416 e. The second kappa shape index (κ2) is 11.1. The SMILES string of the molecule is CCOc1ncccc1-c1ccc2c(c1)N(C[C@H](C)N)C(=O)CC21CCN(c2ccc(C(F)(F)F)cc2C#N)CC1. The monoisotopic (exact) mass is 563 g/mol. The third-order valence-corrected chi connectivity index (χ3v) is 7.99. The molecule has 0 saturated carbocycles. The van der Waals surface area contributed by atoms with E-state index in [1.165, 1.54) is 6.07 Å². The quantitative estimate of drug-likeness (QED) is 0.416. The number of benzene rings is 2. The third kappa shape index (κ3) is 5.46. The molecule has 2 aromatic carbocycles. The second-order valence-corrected chi connectivity index (χ2v) is 10.8. The number of nitriles is 1. The summed E-state index contributed by atoms with van der Waals surface area (Å²) < 4.78 is 45.4. The van der Waals surface area contributed by atoms with Gasteiger partial charge in [0, 0.05) is 55.0 Å². The Balaban J connectivity index is 1.50. The average Bonchev–Trinajstić information content (AvgIpc) is 2.95. The number of hydrogen-bond acceptors (Lipinski definition) is 6. The molecule has 1 amide bonds. The van der Waals surface area contributed by atoms with Gasteiger partial charge in [0.25, 0.3) is 0 Å². The summed E-state index contributed by atoms with van der Waals surface area (Å²) in [7, 11) is 0. The maximum absolute atomic E-state index is 13.6. The molecular formula is C31H32F3N5O2. The van der Waals surface area contributed by atoms with Crippen LogP contribution in [-0.4, -0.2) is 43.2 Å². The Bertz CT molecular complexity index is 1490. The topological polar surface area (TPSA) is 95.5 Å². The van der Waals surface area contributed by atoms with E-state index in [0.717, 1.165) is 34.5 Å². The molecule has 0 radical (unpaired) electrons. The van der Waals surface area contributed by atoms with Crippen molar-refractivity contribution in [2.24, 2.45) is 5.73 Å². The summed E-state index contributed by atoms with van der Waals surface area (Å²) in [5, 5.41) is 9.60. The van der Waals surface area contributed by atoms with Crippen molar-refractivity contribution in [1.29, 1.82) is 5.26 Å². The van der Waals surface area contributed by atoms with Gasteiger partial charge in [-0.1, -0.05) is 12.1 Å². The van der Waals surface area contributed by atoms with E-state index in [9.17, 15) is 23.2 Å². The van der Waals surface area contributed by atoms with Gasteiger partial charge in [-0.15, -0.1) is 0 Å². The number of carbonyl (C=O) groups excluding carboxylic acids is 1. The summed E-state index contributed by atoms with van der Waals surface area (Å²) in [6.45, 7) is 5.60. The molecule has 214 valence electrons. The average molecular weight is 564 g/mol. The standard InChI is InChI=1S/C31H32F3N5O2/c1-3-41-29-24(5-4-12-37-29)21-6-8-25-27(16-21)39(19-20(2)36)28(40)17-30(25)10-13-38(14-11-30)26-9-7-23(31(32,33)34)15-22(26)18-35/h4-9,12,15-16,20H,3,10-11,13-14,17,19,36H2,1-2H3/t20-/m0/s1. The van der Waals surface area contributed by atoms with Gasteiger partial charge in [0.1, 0.15) is 6.07 Å². The van der Waals surface area contributed by atoms with Crippen molar-refractivity contribution in [3.8, 4) is 23.1 Å². The molecule has 1 aromatic heterocycles. The highest BCUT2D eigenvalue weighted by atomic mass is 19.4. The molecule has 2 N–H and O–H groups in total. The Hall–Kier alpha value is -4.10. The molecule has 0 unspecified atom stereocenters. The fourth-order valence-corrected chi connectivity index (χ4v) is 6.04. The Morgan fingerprint density at radius 2 is 1.90 bits per heavy atom. The molecule has 3 heterocycles. The van der Waals surface area contributed by atoms with Gasteiger partial charge in [0.15, 0.2) is 0 Å². The number of hydrogen-bond donors (Lipinski definition) is 1. The number of pyridine rings is 1. The molecule has 10 heteroatoms. The van der Waals surface area contributed by atoms with Crippen molar-refractivity contribution in [2.45, 2.75) is 50.7 Å². The van der Waals surface area contributed by atoms with Crippen LogP contribution in [-0.2, 0) is 16.4 Å². The van der Waals surface area contributed by atoms with Gasteiger partial charge >= 0.3 is 6.18 Å². The summed E-state index contributed by atoms with van der Waals surface area (Å²) >= 11 is 0. The summed E-state index contributed by atoms with van der Waals surface area (Å²) in [4.78, 5) is 21.7. The highest BCUT2D eigenvalue weighted by molar-refractivity contribution is 5.99. The van der Waals surface area contributed by atoms with E-state index in [0.29, 0.717) is 57.1 Å². The second-order valence-electron chi connectivity index (χ2n) is 10.8. The van der Waals surface area contributed by atoms with Crippen LogP contribution >= 0.6 is 0 Å². The highest BCUT2D eigenvalue weighted by Crippen LogP contribution is 2.49. The lowest BCUT2D eigenvalue weighted by Crippen LogP contribution is -2.52. The van der Waals surface area contributed by atoms with Crippen LogP contribution in [0.1, 0.15) is 49.8 Å². The summed E-state index contributed by atoms with van der Waals surface area (Å²) in [6, 6.07) is 14.9. The van der Waals surface area contributed by atoms with Crippen LogP contribution in [0, 0.1) is 11.3 Å². The molecule has 3 aromatic rings. The first-order chi connectivity index (χ1) is 19.6. The van der Waals surface area contributed by atoms with Gasteiger partial charge < -0.3 is 20.3 Å². The number of piperidine rings is 1. The van der Waals surface area contributed by atoms with Crippen LogP contribution in [0.5, 0.6) is 5.88 Å². The summed E-state index contributed by atoms with van der Waals surface area (Å²) in [6.07, 6.45) is -1.31. The lowest BCUT2D eigenvalue weighted by molar-refractivity contribution is -0.137. The van der Waals surface area contributed by atoms with Gasteiger partial charge in [0.05, 0.1) is 23.4 Å². The van der Waals surface area contributed by atoms with Gasteiger partial charge in [-0.25, -0.2) is 4.98 Å². The lowest BCUT2D eigenvalue weighted by Gasteiger charge is -2.48. The van der Waals surface area contributed by atoms with Crippen molar-refractivity contribution in [2.75, 3.05) is 36.0 Å². The Morgan fingerprint density at radius 3 is 2.56 bits per heavy atom. The number of alkyl halides is 3. The number of nitrogens with two attached hydrogens (primary N) is 1. The predicted octanol–water partition coefficient (Wildman–Crippen LogP) is 5.66. The first-order valence-corrected chi connectivity index (χ1v) is 13.7. The normalized spacial score (nSPS) is 17.2. The van der Waals surface area contributed by atoms with Crippen molar-refractivity contribution in [1.82, 2.24) is 4.98 Å². The van der Waals surface area contributed by atoms with Crippen LogP contribution in [0.25, 0.3) is 11.1 Å². The fourth-order valence-electron chi connectivity index (χ4n) is 6.04. The molecule has 1 saturated heterocycles. The first-order valence-electron chi connectivity index (χ1n) is 13.7. The molecule has 7 nitrogen and oxygen atoms in total. The van der Waals surface area contributed by atoms with Crippen LogP contribution < -0.4 is 20.3 Å². The Kier molecular flexibility index (Phi) is 7.66. The van der Waals surface area contributed by atoms with Gasteiger partial charge in [-0.3, -0.25) is 4.79 Å². The molecule has 5 rings (SSSR count). The number of aromatic nitrogens is 1. The highest BCUT2D eigenvalue weighted by Gasteiger charge is 2.45. The zero-order chi connectivity index (χ0) is 29.4. The third-order valence-electron chi connectivity index (χ3n) is 7.99. The number of halogens is 3.